The van der Waals surface area contributed by atoms with Crippen LogP contribution in [0.1, 0.15) is 16.7 Å². The first-order valence-corrected chi connectivity index (χ1v) is 10.1. The summed E-state index contributed by atoms with van der Waals surface area (Å²) in [5, 5.41) is 0.735. The lowest BCUT2D eigenvalue weighted by molar-refractivity contribution is -0.118. The predicted octanol–water partition coefficient (Wildman–Crippen LogP) is 4.06. The van der Waals surface area contributed by atoms with Gasteiger partial charge in [0.05, 0.1) is 23.7 Å². The number of nitrogens with zero attached hydrogens (tertiary/aromatic N) is 3. The van der Waals surface area contributed by atoms with Crippen LogP contribution >= 0.6 is 11.3 Å². The van der Waals surface area contributed by atoms with Crippen molar-refractivity contribution in [3.63, 3.8) is 0 Å². The van der Waals surface area contributed by atoms with Gasteiger partial charge in [-0.25, -0.2) is 4.98 Å². The number of carbonyl (C=O) groups excluding carboxylic acids is 1. The van der Waals surface area contributed by atoms with Gasteiger partial charge in [0.2, 0.25) is 5.91 Å². The third kappa shape index (κ3) is 4.69. The van der Waals surface area contributed by atoms with Gasteiger partial charge < -0.3 is 9.64 Å². The van der Waals surface area contributed by atoms with Gasteiger partial charge in [-0.1, -0.05) is 29.5 Å². The van der Waals surface area contributed by atoms with E-state index in [1.165, 1.54) is 22.5 Å². The number of hydrogen-bond acceptors (Lipinski definition) is 5. The number of aromatic nitrogens is 1. The number of likely N-dealkylation sites (N-methyl/N-ethyl adjacent to an activating group) is 1. The lowest BCUT2D eigenvalue weighted by Gasteiger charge is -2.22. The molecule has 0 unspecified atom stereocenters. The van der Waals surface area contributed by atoms with Gasteiger partial charge in [-0.2, -0.15) is 0 Å². The maximum Gasteiger partial charge on any atom is 0.233 e. The number of anilines is 1. The van der Waals surface area contributed by atoms with Crippen LogP contribution in [0.15, 0.2) is 36.4 Å². The highest BCUT2D eigenvalue weighted by Crippen LogP contribution is 2.31. The Hall–Kier alpha value is -2.44. The van der Waals surface area contributed by atoms with Crippen LogP contribution in [0.25, 0.3) is 10.2 Å². The molecular weight excluding hydrogens is 370 g/mol. The van der Waals surface area contributed by atoms with Crippen LogP contribution in [0.5, 0.6) is 5.75 Å². The van der Waals surface area contributed by atoms with Crippen LogP contribution < -0.4 is 9.64 Å². The number of aryl methyl sites for hydroxylation is 2. The van der Waals surface area contributed by atoms with E-state index in [0.717, 1.165) is 33.2 Å². The van der Waals surface area contributed by atoms with Crippen molar-refractivity contribution in [2.24, 2.45) is 0 Å². The molecule has 0 saturated carbocycles. The second kappa shape index (κ2) is 8.71. The minimum atomic E-state index is 0.0659. The summed E-state index contributed by atoms with van der Waals surface area (Å²) in [7, 11) is 5.67. The smallest absolute Gasteiger partial charge is 0.233 e. The number of amides is 1. The number of benzene rings is 2. The Morgan fingerprint density at radius 2 is 1.86 bits per heavy atom. The Bertz CT molecular complexity index is 981. The quantitative estimate of drug-likeness (QED) is 0.603. The summed E-state index contributed by atoms with van der Waals surface area (Å²) < 4.78 is 6.33. The number of rotatable bonds is 7. The van der Waals surface area contributed by atoms with E-state index in [2.05, 4.69) is 30.9 Å². The first kappa shape index (κ1) is 20.3. The van der Waals surface area contributed by atoms with Gasteiger partial charge in [0.1, 0.15) is 5.75 Å². The third-order valence-corrected chi connectivity index (χ3v) is 5.85. The van der Waals surface area contributed by atoms with Crippen molar-refractivity contribution >= 4 is 32.6 Å². The van der Waals surface area contributed by atoms with Crippen molar-refractivity contribution in [3.05, 3.63) is 53.1 Å². The van der Waals surface area contributed by atoms with Crippen LogP contribution in [0, 0.1) is 13.8 Å². The highest BCUT2D eigenvalue weighted by Gasteiger charge is 2.20. The molecular formula is C22H27N3O2S. The largest absolute Gasteiger partial charge is 0.497 e. The van der Waals surface area contributed by atoms with E-state index in [9.17, 15) is 4.79 Å². The van der Waals surface area contributed by atoms with Crippen molar-refractivity contribution in [2.75, 3.05) is 39.2 Å². The molecule has 0 aliphatic carbocycles. The first-order valence-electron chi connectivity index (χ1n) is 9.33. The molecule has 1 amide bonds. The van der Waals surface area contributed by atoms with Crippen LogP contribution in [-0.4, -0.2) is 50.1 Å². The van der Waals surface area contributed by atoms with Gasteiger partial charge in [0, 0.05) is 13.1 Å². The zero-order valence-electron chi connectivity index (χ0n) is 17.2. The molecule has 6 heteroatoms. The summed E-state index contributed by atoms with van der Waals surface area (Å²) >= 11 is 1.53. The van der Waals surface area contributed by atoms with Gasteiger partial charge in [-0.3, -0.25) is 9.69 Å². The van der Waals surface area contributed by atoms with Crippen LogP contribution in [-0.2, 0) is 11.2 Å². The van der Waals surface area contributed by atoms with Crippen molar-refractivity contribution in [3.8, 4) is 5.75 Å². The maximum atomic E-state index is 13.2. The number of ether oxygens (including phenoxy) is 1. The van der Waals surface area contributed by atoms with Gasteiger partial charge in [0.15, 0.2) is 5.13 Å². The van der Waals surface area contributed by atoms with Crippen molar-refractivity contribution in [1.29, 1.82) is 0 Å². The summed E-state index contributed by atoms with van der Waals surface area (Å²) in [5.74, 6) is 0.861. The highest BCUT2D eigenvalue weighted by atomic mass is 32.1. The lowest BCUT2D eigenvalue weighted by atomic mass is 10.0. The van der Waals surface area contributed by atoms with Gasteiger partial charge in [-0.05, 0) is 62.8 Å². The Morgan fingerprint density at radius 3 is 2.54 bits per heavy atom. The molecule has 3 aromatic rings. The van der Waals surface area contributed by atoms with E-state index >= 15 is 0 Å². The summed E-state index contributed by atoms with van der Waals surface area (Å²) in [6, 6.07) is 12.0. The summed E-state index contributed by atoms with van der Waals surface area (Å²) in [4.78, 5) is 21.8. The number of fused-ring (bicyclic) bond motifs is 1. The SMILES string of the molecule is COc1ccc2nc(N(CCN(C)C)C(=O)Cc3ccc(C)c(C)c3)sc2c1. The van der Waals surface area contributed by atoms with E-state index in [0.29, 0.717) is 13.0 Å². The fourth-order valence-corrected chi connectivity index (χ4v) is 3.98. The highest BCUT2D eigenvalue weighted by molar-refractivity contribution is 7.22. The van der Waals surface area contributed by atoms with Crippen molar-refractivity contribution in [2.45, 2.75) is 20.3 Å². The molecule has 2 aromatic carbocycles. The maximum absolute atomic E-state index is 13.2. The lowest BCUT2D eigenvalue weighted by Crippen LogP contribution is -2.37. The van der Waals surface area contributed by atoms with Crippen molar-refractivity contribution in [1.82, 2.24) is 9.88 Å². The molecule has 1 aromatic heterocycles. The molecule has 0 atom stereocenters. The fraction of sp³-hybridized carbons (Fsp3) is 0.364. The summed E-state index contributed by atoms with van der Waals surface area (Å²) in [6.45, 7) is 5.54. The van der Waals surface area contributed by atoms with Crippen LogP contribution in [0.3, 0.4) is 0 Å². The number of thiazole rings is 1. The monoisotopic (exact) mass is 397 g/mol. The molecule has 0 spiro atoms. The molecule has 0 saturated heterocycles. The average molecular weight is 398 g/mol. The fourth-order valence-electron chi connectivity index (χ4n) is 2.95. The number of carbonyl (C=O) groups is 1. The molecule has 148 valence electrons. The molecule has 3 rings (SSSR count). The molecule has 0 aliphatic heterocycles. The Balaban J connectivity index is 1.89. The Kier molecular flexibility index (Phi) is 6.31. The van der Waals surface area contributed by atoms with Crippen LogP contribution in [0.4, 0.5) is 5.13 Å². The number of hydrogen-bond donors (Lipinski definition) is 0. The summed E-state index contributed by atoms with van der Waals surface area (Å²) in [5.41, 5.74) is 4.36. The van der Waals surface area contributed by atoms with E-state index in [-0.39, 0.29) is 5.91 Å². The van der Waals surface area contributed by atoms with Gasteiger partial charge in [0.25, 0.3) is 0 Å². The molecule has 1 heterocycles. The van der Waals surface area contributed by atoms with Crippen LogP contribution in [0.2, 0.25) is 0 Å². The topological polar surface area (TPSA) is 45.7 Å². The van der Waals surface area contributed by atoms with Gasteiger partial charge in [-0.15, -0.1) is 0 Å². The second-order valence-corrected chi connectivity index (χ2v) is 8.28. The van der Waals surface area contributed by atoms with Gasteiger partial charge >= 0.3 is 0 Å². The summed E-state index contributed by atoms with van der Waals surface area (Å²) in [6.07, 6.45) is 0.369. The third-order valence-electron chi connectivity index (χ3n) is 4.81. The molecule has 5 nitrogen and oxygen atoms in total. The zero-order chi connectivity index (χ0) is 20.3. The standard InChI is InChI=1S/C22H27N3O2S/c1-15-6-7-17(12-16(15)2)13-21(26)25(11-10-24(3)4)22-23-19-9-8-18(27-5)14-20(19)28-22/h6-9,12,14H,10-11,13H2,1-5H3. The zero-order valence-corrected chi connectivity index (χ0v) is 18.0. The molecule has 0 radical (unpaired) electrons. The normalized spacial score (nSPS) is 11.2. The average Bonchev–Trinajstić information content (AvgIpc) is 3.07. The minimum absolute atomic E-state index is 0.0659. The van der Waals surface area contributed by atoms with Crippen molar-refractivity contribution < 1.29 is 9.53 Å². The van der Waals surface area contributed by atoms with E-state index in [1.807, 2.05) is 43.3 Å². The number of methoxy groups -OCH3 is 1. The molecule has 0 fully saturated rings. The molecule has 0 aliphatic rings. The molecule has 0 N–H and O–H groups in total. The molecule has 0 bridgehead atoms. The minimum Gasteiger partial charge on any atom is -0.497 e. The Labute approximate surface area is 170 Å². The van der Waals surface area contributed by atoms with E-state index in [1.54, 1.807) is 7.11 Å². The first-order chi connectivity index (χ1) is 13.4. The van der Waals surface area contributed by atoms with E-state index in [4.69, 9.17) is 9.72 Å². The van der Waals surface area contributed by atoms with E-state index < -0.39 is 0 Å². The second-order valence-electron chi connectivity index (χ2n) is 7.27. The Morgan fingerprint density at radius 1 is 1.07 bits per heavy atom. The molecule has 28 heavy (non-hydrogen) atoms. The predicted molar refractivity (Wildman–Crippen MR) is 117 cm³/mol.